The van der Waals surface area contributed by atoms with Gasteiger partial charge in [0.1, 0.15) is 17.3 Å². The maximum absolute atomic E-state index is 13.1. The number of nitrogens with one attached hydrogen (secondary N) is 1. The van der Waals surface area contributed by atoms with Crippen molar-refractivity contribution in [2.75, 3.05) is 23.3 Å². The zero-order chi connectivity index (χ0) is 23.7. The van der Waals surface area contributed by atoms with Gasteiger partial charge in [0, 0.05) is 31.7 Å². The summed E-state index contributed by atoms with van der Waals surface area (Å²) in [6.45, 7) is 1.14. The number of alkyl halides is 3. The molecule has 0 radical (unpaired) electrons. The van der Waals surface area contributed by atoms with Gasteiger partial charge in [-0.2, -0.15) is 13.2 Å². The Labute approximate surface area is 191 Å². The van der Waals surface area contributed by atoms with Gasteiger partial charge in [-0.1, -0.05) is 6.07 Å². The largest absolute Gasteiger partial charge is 0.434 e. The molecular weight excluding hydrogens is 449 g/mol. The van der Waals surface area contributed by atoms with E-state index in [0.717, 1.165) is 25.2 Å². The van der Waals surface area contributed by atoms with Crippen molar-refractivity contribution >= 4 is 23.2 Å². The van der Waals surface area contributed by atoms with E-state index in [1.165, 1.54) is 10.6 Å². The molecule has 0 aromatic carbocycles. The third kappa shape index (κ3) is 4.38. The van der Waals surface area contributed by atoms with Gasteiger partial charge >= 0.3 is 6.18 Å². The molecule has 0 spiro atoms. The first-order valence-corrected chi connectivity index (χ1v) is 10.6. The van der Waals surface area contributed by atoms with E-state index >= 15 is 0 Å². The minimum atomic E-state index is -4.59. The molecule has 1 fully saturated rings. The first kappa shape index (κ1) is 21.7. The molecule has 4 aromatic heterocycles. The second kappa shape index (κ2) is 8.69. The average molecular weight is 468 g/mol. The molecule has 1 aliphatic heterocycles. The van der Waals surface area contributed by atoms with Crippen molar-refractivity contribution in [3.05, 3.63) is 60.9 Å². The van der Waals surface area contributed by atoms with E-state index in [1.807, 2.05) is 4.90 Å². The number of piperidine rings is 1. The third-order valence-electron chi connectivity index (χ3n) is 5.59. The molecule has 1 amide bonds. The van der Waals surface area contributed by atoms with Crippen molar-refractivity contribution in [2.45, 2.75) is 19.0 Å². The molecule has 5 heterocycles. The van der Waals surface area contributed by atoms with Crippen LogP contribution in [-0.4, -0.2) is 48.3 Å². The highest BCUT2D eigenvalue weighted by Gasteiger charge is 2.33. The van der Waals surface area contributed by atoms with E-state index in [1.54, 1.807) is 36.7 Å². The van der Waals surface area contributed by atoms with Crippen LogP contribution in [0.1, 0.15) is 18.5 Å². The van der Waals surface area contributed by atoms with Crippen LogP contribution in [0.4, 0.5) is 24.8 Å². The number of hydrogen-bond donors (Lipinski definition) is 1. The summed E-state index contributed by atoms with van der Waals surface area (Å²) in [7, 11) is 0. The summed E-state index contributed by atoms with van der Waals surface area (Å²) in [6, 6.07) is 7.01. The maximum Gasteiger partial charge on any atom is 0.434 e. The lowest BCUT2D eigenvalue weighted by molar-refractivity contribution is -0.141. The Morgan fingerprint density at radius 3 is 2.74 bits per heavy atom. The second-order valence-corrected chi connectivity index (χ2v) is 7.87. The number of carbonyl (C=O) groups is 1. The van der Waals surface area contributed by atoms with Crippen LogP contribution in [0.25, 0.3) is 17.2 Å². The van der Waals surface area contributed by atoms with E-state index in [2.05, 4.69) is 30.2 Å². The Balaban J connectivity index is 1.38. The number of carbonyl (C=O) groups excluding carboxylic acids is 1. The minimum Gasteiger partial charge on any atom is -0.356 e. The number of aromatic nitrogens is 6. The van der Waals surface area contributed by atoms with Crippen LogP contribution in [0.5, 0.6) is 0 Å². The molecule has 4 aromatic rings. The van der Waals surface area contributed by atoms with Crippen molar-refractivity contribution in [3.8, 4) is 11.5 Å². The molecule has 1 N–H and O–H groups in total. The number of nitrogens with zero attached hydrogens (tertiary/aromatic N) is 7. The van der Waals surface area contributed by atoms with Crippen LogP contribution in [0, 0.1) is 5.92 Å². The van der Waals surface area contributed by atoms with Crippen molar-refractivity contribution in [1.29, 1.82) is 0 Å². The number of halogens is 3. The fourth-order valence-electron chi connectivity index (χ4n) is 3.91. The Morgan fingerprint density at radius 1 is 1.06 bits per heavy atom. The summed E-state index contributed by atoms with van der Waals surface area (Å²) in [4.78, 5) is 35.2. The van der Waals surface area contributed by atoms with Gasteiger partial charge in [0.2, 0.25) is 5.91 Å². The van der Waals surface area contributed by atoms with Crippen LogP contribution in [0.2, 0.25) is 0 Å². The third-order valence-corrected chi connectivity index (χ3v) is 5.59. The topological polar surface area (TPSA) is 101 Å². The van der Waals surface area contributed by atoms with Gasteiger partial charge in [0.25, 0.3) is 0 Å². The van der Waals surface area contributed by atoms with E-state index in [0.29, 0.717) is 30.4 Å². The summed E-state index contributed by atoms with van der Waals surface area (Å²) in [6.07, 6.45) is 3.44. The van der Waals surface area contributed by atoms with E-state index in [9.17, 15) is 18.0 Å². The van der Waals surface area contributed by atoms with Crippen LogP contribution in [0.3, 0.4) is 0 Å². The number of pyridine rings is 1. The monoisotopic (exact) mass is 468 g/mol. The number of anilines is 2. The molecule has 12 heteroatoms. The first-order valence-electron chi connectivity index (χ1n) is 10.6. The number of rotatable bonds is 4. The standard InChI is InChI=1S/C22H19F3N8O/c23-22(24,25)16-13-33-15(10-29-19(33)11-28-16)20-27-8-6-18(31-20)32-9-3-4-14(12-32)21(34)30-17-5-1-2-7-26-17/h1-2,5-8,10-11,13-14H,3-4,9,12H2,(H,26,30,34)/t14-/m0/s1. The molecule has 0 unspecified atom stereocenters. The molecule has 0 saturated carbocycles. The van der Waals surface area contributed by atoms with Gasteiger partial charge in [0.05, 0.1) is 18.3 Å². The summed E-state index contributed by atoms with van der Waals surface area (Å²) >= 11 is 0. The first-order chi connectivity index (χ1) is 16.4. The highest BCUT2D eigenvalue weighted by Crippen LogP contribution is 2.29. The molecule has 9 nitrogen and oxygen atoms in total. The minimum absolute atomic E-state index is 0.119. The zero-order valence-electron chi connectivity index (χ0n) is 17.8. The Hall–Kier alpha value is -4.09. The van der Waals surface area contributed by atoms with Gasteiger partial charge in [-0.25, -0.2) is 24.9 Å². The Bertz CT molecular complexity index is 1320. The number of amides is 1. The number of fused-ring (bicyclic) bond motifs is 1. The molecular formula is C22H19F3N8O. The van der Waals surface area contributed by atoms with Gasteiger partial charge < -0.3 is 10.2 Å². The normalized spacial score (nSPS) is 16.6. The summed E-state index contributed by atoms with van der Waals surface area (Å²) in [5.74, 6) is 0.927. The maximum atomic E-state index is 13.1. The van der Waals surface area contributed by atoms with E-state index in [4.69, 9.17) is 0 Å². The molecule has 174 valence electrons. The fraction of sp³-hybridized carbons (Fsp3) is 0.273. The molecule has 1 atom stereocenters. The smallest absolute Gasteiger partial charge is 0.356 e. The highest BCUT2D eigenvalue weighted by molar-refractivity contribution is 5.92. The molecule has 1 saturated heterocycles. The quantitative estimate of drug-likeness (QED) is 0.490. The van der Waals surface area contributed by atoms with Crippen LogP contribution in [0.15, 0.2) is 55.2 Å². The molecule has 0 bridgehead atoms. The SMILES string of the molecule is O=C(Nc1ccccn1)[C@H]1CCCN(c2ccnc(-c3cnc4cnc(C(F)(F)F)cn34)n2)C1. The highest BCUT2D eigenvalue weighted by atomic mass is 19.4. The predicted molar refractivity (Wildman–Crippen MR) is 117 cm³/mol. The number of imidazole rings is 1. The van der Waals surface area contributed by atoms with Crippen molar-refractivity contribution in [2.24, 2.45) is 5.92 Å². The van der Waals surface area contributed by atoms with E-state index in [-0.39, 0.29) is 23.3 Å². The molecule has 5 rings (SSSR count). The number of hydrogen-bond acceptors (Lipinski definition) is 7. The van der Waals surface area contributed by atoms with Crippen molar-refractivity contribution in [3.63, 3.8) is 0 Å². The van der Waals surface area contributed by atoms with Gasteiger partial charge in [0.15, 0.2) is 17.2 Å². The van der Waals surface area contributed by atoms with Gasteiger partial charge in [-0.15, -0.1) is 0 Å². The van der Waals surface area contributed by atoms with Gasteiger partial charge in [-0.3, -0.25) is 9.20 Å². The Kier molecular flexibility index (Phi) is 5.56. The lowest BCUT2D eigenvalue weighted by atomic mass is 9.97. The summed E-state index contributed by atoms with van der Waals surface area (Å²) in [5, 5.41) is 2.84. The van der Waals surface area contributed by atoms with E-state index < -0.39 is 11.9 Å². The lowest BCUT2D eigenvalue weighted by Crippen LogP contribution is -2.41. The molecule has 34 heavy (non-hydrogen) atoms. The van der Waals surface area contributed by atoms with Crippen LogP contribution >= 0.6 is 0 Å². The van der Waals surface area contributed by atoms with Crippen LogP contribution < -0.4 is 10.2 Å². The van der Waals surface area contributed by atoms with Crippen molar-refractivity contribution in [1.82, 2.24) is 29.3 Å². The fourth-order valence-corrected chi connectivity index (χ4v) is 3.91. The summed E-state index contributed by atoms with van der Waals surface area (Å²) < 4.78 is 40.7. The second-order valence-electron chi connectivity index (χ2n) is 7.87. The zero-order valence-corrected chi connectivity index (χ0v) is 17.8. The van der Waals surface area contributed by atoms with Crippen LogP contribution in [-0.2, 0) is 11.0 Å². The predicted octanol–water partition coefficient (Wildman–Crippen LogP) is 3.46. The Morgan fingerprint density at radius 2 is 1.94 bits per heavy atom. The van der Waals surface area contributed by atoms with Crippen molar-refractivity contribution < 1.29 is 18.0 Å². The molecule has 0 aliphatic carbocycles. The molecule has 1 aliphatic rings. The van der Waals surface area contributed by atoms with Gasteiger partial charge in [-0.05, 0) is 31.0 Å². The lowest BCUT2D eigenvalue weighted by Gasteiger charge is -2.32. The average Bonchev–Trinajstić information content (AvgIpc) is 3.28. The summed E-state index contributed by atoms with van der Waals surface area (Å²) in [5.41, 5.74) is -0.472.